The Morgan fingerprint density at radius 2 is 1.95 bits per heavy atom. The minimum atomic E-state index is -1.07. The van der Waals surface area contributed by atoms with Gasteiger partial charge in [-0.25, -0.2) is 4.98 Å². The van der Waals surface area contributed by atoms with Crippen molar-refractivity contribution in [1.29, 1.82) is 0 Å². The summed E-state index contributed by atoms with van der Waals surface area (Å²) in [5.74, 6) is -0.890. The van der Waals surface area contributed by atoms with Crippen LogP contribution in [-0.2, 0) is 22.7 Å². The Hall–Kier alpha value is -3.56. The van der Waals surface area contributed by atoms with Gasteiger partial charge in [0.05, 0.1) is 22.2 Å². The summed E-state index contributed by atoms with van der Waals surface area (Å²) in [6, 6.07) is 13.5. The van der Waals surface area contributed by atoms with Gasteiger partial charge in [-0.15, -0.1) is 11.3 Å². The molecule has 2 N–H and O–H groups in total. The van der Waals surface area contributed by atoms with E-state index in [0.29, 0.717) is 31.5 Å². The number of hydrogen-bond donors (Lipinski definition) is 2. The summed E-state index contributed by atoms with van der Waals surface area (Å²) < 4.78 is 0. The van der Waals surface area contributed by atoms with Crippen LogP contribution in [0.4, 0.5) is 0 Å². The molecule has 0 aliphatic carbocycles. The van der Waals surface area contributed by atoms with Crippen LogP contribution in [0.25, 0.3) is 10.4 Å². The largest absolute Gasteiger partial charge is 0.391 e. The molecule has 1 fully saturated rings. The van der Waals surface area contributed by atoms with Crippen LogP contribution in [-0.4, -0.2) is 62.3 Å². The molecule has 192 valence electrons. The number of fused-ring (bicyclic) bond motifs is 1. The van der Waals surface area contributed by atoms with E-state index in [-0.39, 0.29) is 18.4 Å². The summed E-state index contributed by atoms with van der Waals surface area (Å²) >= 11 is 1.60. The second-order valence-corrected chi connectivity index (χ2v) is 10.5. The third kappa shape index (κ3) is 4.89. The highest BCUT2D eigenvalue weighted by atomic mass is 32.1. The number of carbonyl (C=O) groups is 3. The van der Waals surface area contributed by atoms with Crippen molar-refractivity contribution < 1.29 is 19.5 Å². The van der Waals surface area contributed by atoms with E-state index in [9.17, 15) is 19.5 Å². The lowest BCUT2D eigenvalue weighted by atomic mass is 10.1. The van der Waals surface area contributed by atoms with Crippen LogP contribution in [0, 0.1) is 6.92 Å². The normalized spacial score (nSPS) is 18.6. The van der Waals surface area contributed by atoms with Gasteiger partial charge in [0.1, 0.15) is 12.1 Å². The number of hydrogen-bond acceptors (Lipinski definition) is 6. The zero-order chi connectivity index (χ0) is 26.1. The predicted molar refractivity (Wildman–Crippen MR) is 141 cm³/mol. The molecular formula is C28H30N4O4S. The first-order valence-electron chi connectivity index (χ1n) is 12.5. The molecule has 0 saturated carbocycles. The number of aryl methyl sites for hydroxylation is 1. The number of amides is 3. The molecule has 3 aromatic rings. The van der Waals surface area contributed by atoms with E-state index in [1.165, 1.54) is 16.7 Å². The van der Waals surface area contributed by atoms with Gasteiger partial charge in [-0.3, -0.25) is 14.4 Å². The van der Waals surface area contributed by atoms with Gasteiger partial charge in [-0.2, -0.15) is 0 Å². The monoisotopic (exact) mass is 518 g/mol. The number of thiazole rings is 1. The molecule has 0 bridgehead atoms. The lowest BCUT2D eigenvalue weighted by Gasteiger charge is -2.34. The highest BCUT2D eigenvalue weighted by Gasteiger charge is 2.44. The molecule has 0 radical (unpaired) electrons. The number of aliphatic hydroxyl groups is 1. The summed E-state index contributed by atoms with van der Waals surface area (Å²) in [6.45, 7) is 4.52. The number of likely N-dealkylation sites (tertiary alicyclic amines) is 1. The average molecular weight is 519 g/mol. The van der Waals surface area contributed by atoms with Crippen LogP contribution < -0.4 is 5.32 Å². The van der Waals surface area contributed by atoms with E-state index in [4.69, 9.17) is 0 Å². The quantitative estimate of drug-likeness (QED) is 0.500. The van der Waals surface area contributed by atoms with Gasteiger partial charge in [0.15, 0.2) is 0 Å². The summed E-state index contributed by atoms with van der Waals surface area (Å²) in [6.07, 6.45) is 0.158. The van der Waals surface area contributed by atoms with Gasteiger partial charge in [-0.1, -0.05) is 42.5 Å². The van der Waals surface area contributed by atoms with Crippen molar-refractivity contribution in [2.75, 3.05) is 6.54 Å². The Kier molecular flexibility index (Phi) is 7.08. The first kappa shape index (κ1) is 25.1. The Balaban J connectivity index is 1.25. The van der Waals surface area contributed by atoms with E-state index < -0.39 is 24.1 Å². The third-order valence-corrected chi connectivity index (χ3v) is 8.14. The van der Waals surface area contributed by atoms with Crippen LogP contribution in [0.1, 0.15) is 46.9 Å². The average Bonchev–Trinajstić information content (AvgIpc) is 3.63. The smallest absolute Gasteiger partial charge is 0.255 e. The Bertz CT molecular complexity index is 1320. The van der Waals surface area contributed by atoms with E-state index >= 15 is 0 Å². The molecule has 2 aliphatic rings. The standard InChI is InChI=1S/C28H30N4O4S/c1-17-25(37-16-30-17)20-11-9-19(10-12-20)14-29-26(34)23-8-5-13-31(23)28(36)24(18(2)33)32-15-21-6-3-4-7-22(21)27(32)35/h3-4,6-7,9-12,16,18,23-24,33H,5,8,13-15H2,1-2H3,(H,29,34)/t18-,23-,24-/m0/s1. The van der Waals surface area contributed by atoms with E-state index in [2.05, 4.69) is 10.3 Å². The number of rotatable bonds is 7. The topological polar surface area (TPSA) is 103 Å². The van der Waals surface area contributed by atoms with Crippen molar-refractivity contribution in [2.24, 2.45) is 0 Å². The first-order chi connectivity index (χ1) is 17.8. The molecule has 2 aromatic carbocycles. The lowest BCUT2D eigenvalue weighted by molar-refractivity contribution is -0.145. The molecule has 0 spiro atoms. The number of carbonyl (C=O) groups excluding carboxylic acids is 3. The summed E-state index contributed by atoms with van der Waals surface area (Å²) in [5.41, 5.74) is 6.25. The maximum absolute atomic E-state index is 13.6. The molecule has 8 nitrogen and oxygen atoms in total. The second-order valence-electron chi connectivity index (χ2n) is 9.65. The van der Waals surface area contributed by atoms with Crippen molar-refractivity contribution in [1.82, 2.24) is 20.1 Å². The molecule has 5 rings (SSSR count). The minimum absolute atomic E-state index is 0.228. The summed E-state index contributed by atoms with van der Waals surface area (Å²) in [4.78, 5) is 48.2. The second kappa shape index (κ2) is 10.4. The number of nitrogens with one attached hydrogen (secondary N) is 1. The predicted octanol–water partition coefficient (Wildman–Crippen LogP) is 3.13. The van der Waals surface area contributed by atoms with Gasteiger partial charge in [0.2, 0.25) is 11.8 Å². The Morgan fingerprint density at radius 1 is 1.19 bits per heavy atom. The molecule has 3 amide bonds. The molecule has 3 heterocycles. The van der Waals surface area contributed by atoms with Crippen molar-refractivity contribution in [3.8, 4) is 10.4 Å². The number of benzene rings is 2. The van der Waals surface area contributed by atoms with Crippen molar-refractivity contribution >= 4 is 29.1 Å². The fourth-order valence-corrected chi connectivity index (χ4v) is 6.05. The molecule has 37 heavy (non-hydrogen) atoms. The van der Waals surface area contributed by atoms with E-state index in [1.54, 1.807) is 23.5 Å². The van der Waals surface area contributed by atoms with Gasteiger partial charge in [0, 0.05) is 25.2 Å². The molecular weight excluding hydrogens is 488 g/mol. The fourth-order valence-electron chi connectivity index (χ4n) is 5.23. The third-order valence-electron chi connectivity index (χ3n) is 7.16. The maximum atomic E-state index is 13.6. The van der Waals surface area contributed by atoms with Crippen molar-refractivity contribution in [3.05, 3.63) is 76.4 Å². The van der Waals surface area contributed by atoms with Gasteiger partial charge in [-0.05, 0) is 49.4 Å². The van der Waals surface area contributed by atoms with E-state index in [0.717, 1.165) is 27.3 Å². The van der Waals surface area contributed by atoms with Crippen LogP contribution >= 0.6 is 11.3 Å². The van der Waals surface area contributed by atoms with Crippen LogP contribution in [0.3, 0.4) is 0 Å². The molecule has 0 unspecified atom stereocenters. The molecule has 1 aromatic heterocycles. The Morgan fingerprint density at radius 3 is 2.62 bits per heavy atom. The van der Waals surface area contributed by atoms with Crippen molar-refractivity contribution in [2.45, 2.75) is 58.0 Å². The van der Waals surface area contributed by atoms with Crippen LogP contribution in [0.15, 0.2) is 54.0 Å². The molecule has 2 aliphatic heterocycles. The number of nitrogens with zero attached hydrogens (tertiary/aromatic N) is 3. The molecule has 1 saturated heterocycles. The highest BCUT2D eigenvalue weighted by Crippen LogP contribution is 2.29. The van der Waals surface area contributed by atoms with Crippen LogP contribution in [0.2, 0.25) is 0 Å². The minimum Gasteiger partial charge on any atom is -0.391 e. The van der Waals surface area contributed by atoms with Gasteiger partial charge in [0.25, 0.3) is 5.91 Å². The summed E-state index contributed by atoms with van der Waals surface area (Å²) in [7, 11) is 0. The zero-order valence-corrected chi connectivity index (χ0v) is 21.7. The lowest BCUT2D eigenvalue weighted by Crippen LogP contribution is -2.57. The van der Waals surface area contributed by atoms with Gasteiger partial charge >= 0.3 is 0 Å². The number of aliphatic hydroxyl groups excluding tert-OH is 1. The SMILES string of the molecule is Cc1ncsc1-c1ccc(CNC(=O)[C@@H]2CCCN2C(=O)[C@H]([C@H](C)O)N2Cc3ccccc3C2=O)cc1. The molecule has 9 heteroatoms. The Labute approximate surface area is 219 Å². The van der Waals surface area contributed by atoms with E-state index in [1.807, 2.05) is 48.8 Å². The number of aromatic nitrogens is 1. The van der Waals surface area contributed by atoms with Crippen LogP contribution in [0.5, 0.6) is 0 Å². The zero-order valence-electron chi connectivity index (χ0n) is 20.9. The molecule has 3 atom stereocenters. The fraction of sp³-hybridized carbons (Fsp3) is 0.357. The maximum Gasteiger partial charge on any atom is 0.255 e. The first-order valence-corrected chi connectivity index (χ1v) is 13.4. The summed E-state index contributed by atoms with van der Waals surface area (Å²) in [5, 5.41) is 13.5. The highest BCUT2D eigenvalue weighted by molar-refractivity contribution is 7.13. The van der Waals surface area contributed by atoms with Gasteiger partial charge < -0.3 is 20.2 Å². The van der Waals surface area contributed by atoms with Crippen molar-refractivity contribution in [3.63, 3.8) is 0 Å².